The molecule has 2 aromatic rings. The van der Waals surface area contributed by atoms with Gasteiger partial charge in [-0.2, -0.15) is 5.10 Å². The molecular formula is C29H24Cl8N2O. The monoisotopic (exact) mass is 696 g/mol. The lowest BCUT2D eigenvalue weighted by atomic mass is 9.65. The molecule has 0 saturated heterocycles. The van der Waals surface area contributed by atoms with Gasteiger partial charge in [0.15, 0.2) is 4.33 Å². The van der Waals surface area contributed by atoms with E-state index in [0.29, 0.717) is 10.0 Å². The normalized spacial score (nSPS) is 40.6. The van der Waals surface area contributed by atoms with E-state index in [1.165, 1.54) is 0 Å². The highest BCUT2D eigenvalue weighted by Gasteiger charge is 2.90. The maximum absolute atomic E-state index is 7.47. The molecule has 0 radical (unpaired) electrons. The Bertz CT molecular complexity index is 1470. The van der Waals surface area contributed by atoms with E-state index in [1.807, 2.05) is 48.5 Å². The van der Waals surface area contributed by atoms with Crippen LogP contribution in [0.25, 0.3) is 0 Å². The van der Waals surface area contributed by atoms with E-state index < -0.39 is 19.7 Å². The van der Waals surface area contributed by atoms with Gasteiger partial charge in [-0.05, 0) is 74.6 Å². The number of anilines is 1. The zero-order valence-electron chi connectivity index (χ0n) is 21.5. The number of hydrazone groups is 1. The average molecular weight is 700 g/mol. The molecular weight excluding hydrogens is 676 g/mol. The van der Waals surface area contributed by atoms with Crippen molar-refractivity contribution in [1.29, 1.82) is 0 Å². The Balaban J connectivity index is 1.46. The number of allylic oxidation sites excluding steroid dienone is 2. The number of ether oxygens (including phenoxy) is 1. The zero-order chi connectivity index (χ0) is 28.7. The summed E-state index contributed by atoms with van der Waals surface area (Å²) in [4.78, 5) is -2.77. The second kappa shape index (κ2) is 8.99. The minimum absolute atomic E-state index is 0.0851. The molecule has 212 valence electrons. The van der Waals surface area contributed by atoms with Crippen LogP contribution < -0.4 is 5.01 Å². The van der Waals surface area contributed by atoms with E-state index in [9.17, 15) is 0 Å². The molecule has 3 saturated carbocycles. The first-order valence-corrected chi connectivity index (χ1v) is 16.1. The van der Waals surface area contributed by atoms with Crippen LogP contribution in [0.5, 0.6) is 0 Å². The summed E-state index contributed by atoms with van der Waals surface area (Å²) in [6, 6.07) is 15.2. The summed E-state index contributed by atoms with van der Waals surface area (Å²) in [5.74, 6) is -1.03. The molecule has 1 heterocycles. The van der Waals surface area contributed by atoms with Crippen molar-refractivity contribution in [2.75, 3.05) is 5.01 Å². The molecule has 40 heavy (non-hydrogen) atoms. The molecule has 0 spiro atoms. The Hall–Kier alpha value is -0.0700. The van der Waals surface area contributed by atoms with Crippen LogP contribution in [0, 0.1) is 29.6 Å². The first-order valence-electron chi connectivity index (χ1n) is 13.0. The number of alkyl halides is 4. The Morgan fingerprint density at radius 3 is 1.77 bits per heavy atom. The van der Waals surface area contributed by atoms with Crippen molar-refractivity contribution in [2.24, 2.45) is 34.7 Å². The van der Waals surface area contributed by atoms with E-state index >= 15 is 0 Å². The lowest BCUT2D eigenvalue weighted by molar-refractivity contribution is -0.0867. The van der Waals surface area contributed by atoms with Gasteiger partial charge in [0.2, 0.25) is 0 Å². The van der Waals surface area contributed by atoms with Gasteiger partial charge in [0.1, 0.15) is 9.75 Å². The van der Waals surface area contributed by atoms with Gasteiger partial charge in [-0.15, -0.1) is 23.2 Å². The second-order valence-electron chi connectivity index (χ2n) is 12.4. The fraction of sp³-hybridized carbons (Fsp3) is 0.483. The Morgan fingerprint density at radius 1 is 0.750 bits per heavy atom. The standard InChI is InChI=1S/C29H24Cl8N2O/c1-26(2,3)40-23-16-17-21(12-4-6-13(30)7-5-12)38-39(15-10-8-14(31)9-11-15)22(17)18(23)20-19(16)27(34)24(32)25(33)28(20,35)29(27,36)37/h4-11,16-20,22-23H,1-3H3/t16-,17-,18-,19?,20?,22+,23-,27+,28-/m0/s1. The van der Waals surface area contributed by atoms with Gasteiger partial charge < -0.3 is 4.74 Å². The van der Waals surface area contributed by atoms with Crippen LogP contribution in [0.4, 0.5) is 5.69 Å². The number of halogens is 8. The quantitative estimate of drug-likeness (QED) is 0.236. The SMILES string of the molecule is CC(C)(C)O[C@@H]1[C@H]2C3C([C@@H]1[C@H]1C(c4ccc(Cl)cc4)=NN(c4ccc(Cl)cc4)[C@H]12)[C@@]1(Cl)C(Cl)=C(Cl)[C@]3(Cl)C1(Cl)Cl. The van der Waals surface area contributed by atoms with Gasteiger partial charge in [0.25, 0.3) is 0 Å². The summed E-state index contributed by atoms with van der Waals surface area (Å²) in [7, 11) is 0. The molecule has 0 amide bonds. The van der Waals surface area contributed by atoms with E-state index in [0.717, 1.165) is 17.0 Å². The van der Waals surface area contributed by atoms with Crippen molar-refractivity contribution in [2.45, 2.75) is 52.6 Å². The topological polar surface area (TPSA) is 24.8 Å². The zero-order valence-corrected chi connectivity index (χ0v) is 27.5. The average Bonchev–Trinajstić information content (AvgIpc) is 3.57. The van der Waals surface area contributed by atoms with Gasteiger partial charge >= 0.3 is 0 Å². The predicted molar refractivity (Wildman–Crippen MR) is 168 cm³/mol. The Morgan fingerprint density at radius 2 is 1.25 bits per heavy atom. The van der Waals surface area contributed by atoms with Gasteiger partial charge in [-0.3, -0.25) is 5.01 Å². The number of benzene rings is 2. The third-order valence-electron chi connectivity index (χ3n) is 9.35. The molecule has 4 aliphatic carbocycles. The molecule has 2 unspecified atom stereocenters. The molecule has 9 atom stereocenters. The Kier molecular flexibility index (Phi) is 6.45. The fourth-order valence-corrected chi connectivity index (χ4v) is 11.6. The van der Waals surface area contributed by atoms with E-state index in [2.05, 4.69) is 25.8 Å². The summed E-state index contributed by atoms with van der Waals surface area (Å²) in [6.07, 6.45) is -0.231. The fourth-order valence-electron chi connectivity index (χ4n) is 8.21. The van der Waals surface area contributed by atoms with E-state index in [4.69, 9.17) is 103 Å². The number of fused-ring (bicyclic) bond motifs is 12. The number of nitrogens with zero attached hydrogens (tertiary/aromatic N) is 2. The minimum atomic E-state index is -1.63. The molecule has 7 rings (SSSR count). The molecule has 0 N–H and O–H groups in total. The molecule has 1 aliphatic heterocycles. The molecule has 4 bridgehead atoms. The number of hydrogen-bond acceptors (Lipinski definition) is 3. The predicted octanol–water partition coefficient (Wildman–Crippen LogP) is 9.72. The summed E-state index contributed by atoms with van der Waals surface area (Å²) in [5, 5.41) is 9.02. The van der Waals surface area contributed by atoms with Crippen molar-refractivity contribution >= 4 is 104 Å². The highest BCUT2D eigenvalue weighted by Crippen LogP contribution is 2.84. The van der Waals surface area contributed by atoms with Crippen LogP contribution in [-0.2, 0) is 4.74 Å². The third kappa shape index (κ3) is 3.42. The Labute approximate surface area is 273 Å². The highest BCUT2D eigenvalue weighted by molar-refractivity contribution is 6.65. The van der Waals surface area contributed by atoms with Gasteiger partial charge in [-0.1, -0.05) is 81.7 Å². The molecule has 11 heteroatoms. The first-order chi connectivity index (χ1) is 18.6. The van der Waals surface area contributed by atoms with Crippen molar-refractivity contribution < 1.29 is 4.74 Å². The maximum atomic E-state index is 7.47. The van der Waals surface area contributed by atoms with E-state index in [1.54, 1.807) is 0 Å². The summed E-state index contributed by atoms with van der Waals surface area (Å²) in [5.41, 5.74) is 2.33. The molecule has 3 nitrogen and oxygen atoms in total. The lowest BCUT2D eigenvalue weighted by Gasteiger charge is -2.45. The summed E-state index contributed by atoms with van der Waals surface area (Å²) in [6.45, 7) is 6.15. The van der Waals surface area contributed by atoms with Crippen LogP contribution in [0.2, 0.25) is 10.0 Å². The smallest absolute Gasteiger partial charge is 0.166 e. The summed E-state index contributed by atoms with van der Waals surface area (Å²) >= 11 is 55.4. The van der Waals surface area contributed by atoms with Crippen molar-refractivity contribution in [3.63, 3.8) is 0 Å². The van der Waals surface area contributed by atoms with Crippen molar-refractivity contribution in [3.05, 3.63) is 74.2 Å². The van der Waals surface area contributed by atoms with Gasteiger partial charge in [-0.25, -0.2) is 0 Å². The van der Waals surface area contributed by atoms with Crippen LogP contribution in [0.3, 0.4) is 0 Å². The molecule has 5 aliphatic rings. The van der Waals surface area contributed by atoms with Gasteiger partial charge in [0.05, 0.1) is 39.2 Å². The van der Waals surface area contributed by atoms with Crippen LogP contribution >= 0.6 is 92.8 Å². The molecule has 0 aromatic heterocycles. The lowest BCUT2D eigenvalue weighted by Crippen LogP contribution is -2.52. The van der Waals surface area contributed by atoms with Crippen LogP contribution in [0.15, 0.2) is 63.7 Å². The van der Waals surface area contributed by atoms with Gasteiger partial charge in [0, 0.05) is 27.8 Å². The van der Waals surface area contributed by atoms with E-state index in [-0.39, 0.29) is 51.8 Å². The second-order valence-corrected chi connectivity index (χ2v) is 16.5. The molecule has 3 fully saturated rings. The highest BCUT2D eigenvalue weighted by atomic mass is 35.5. The van der Waals surface area contributed by atoms with Crippen LogP contribution in [0.1, 0.15) is 26.3 Å². The maximum Gasteiger partial charge on any atom is 0.166 e. The molecule has 2 aromatic carbocycles. The summed E-state index contributed by atoms with van der Waals surface area (Å²) < 4.78 is 5.26. The van der Waals surface area contributed by atoms with Crippen molar-refractivity contribution in [3.8, 4) is 0 Å². The number of hydrogen-bond donors (Lipinski definition) is 0. The van der Waals surface area contributed by atoms with Crippen LogP contribution in [-0.4, -0.2) is 37.5 Å². The van der Waals surface area contributed by atoms with Crippen molar-refractivity contribution in [1.82, 2.24) is 0 Å². The number of rotatable bonds is 3. The third-order valence-corrected chi connectivity index (χ3v) is 14.1. The first kappa shape index (κ1) is 28.7. The minimum Gasteiger partial charge on any atom is -0.372 e. The largest absolute Gasteiger partial charge is 0.372 e.